The summed E-state index contributed by atoms with van der Waals surface area (Å²) in [5, 5.41) is 2.67. The summed E-state index contributed by atoms with van der Waals surface area (Å²) in [6.07, 6.45) is 1.85. The molecule has 0 unspecified atom stereocenters. The van der Waals surface area contributed by atoms with Gasteiger partial charge in [0.1, 0.15) is 16.7 Å². The second kappa shape index (κ2) is 10.7. The molecule has 0 bridgehead atoms. The van der Waals surface area contributed by atoms with E-state index in [1.54, 1.807) is 0 Å². The van der Waals surface area contributed by atoms with Crippen LogP contribution in [0.1, 0.15) is 25.0 Å². The molecule has 0 radical (unpaired) electrons. The Hall–Kier alpha value is -3.09. The van der Waals surface area contributed by atoms with E-state index >= 15 is 0 Å². The zero-order chi connectivity index (χ0) is 23.2. The summed E-state index contributed by atoms with van der Waals surface area (Å²) >= 11 is 6.40. The number of thioether (sulfide) groups is 1. The molecule has 1 aliphatic heterocycles. The molecule has 1 heterocycles. The van der Waals surface area contributed by atoms with E-state index in [-0.39, 0.29) is 5.91 Å². The molecule has 6 heteroatoms. The standard InChI is InChI=1S/C27H26N2O2S2/c1-3-29(4-2)23-15-14-22(16-25-26(30)28-27(32)33-25)24(17-23)31-18-19-10-12-21(13-11-19)20-8-6-5-7-9-20/h5-17H,3-4,18H2,1-2H3,(H,28,30,32)/b25-16+. The van der Waals surface area contributed by atoms with Gasteiger partial charge >= 0.3 is 0 Å². The molecule has 1 amide bonds. The quantitative estimate of drug-likeness (QED) is 0.308. The van der Waals surface area contributed by atoms with Gasteiger partial charge in [-0.15, -0.1) is 0 Å². The number of benzene rings is 3. The van der Waals surface area contributed by atoms with Crippen LogP contribution < -0.4 is 15.0 Å². The topological polar surface area (TPSA) is 41.6 Å². The molecule has 1 saturated heterocycles. The van der Waals surface area contributed by atoms with Crippen molar-refractivity contribution in [1.29, 1.82) is 0 Å². The van der Waals surface area contributed by atoms with Gasteiger partial charge in [-0.3, -0.25) is 4.79 Å². The SMILES string of the molecule is CCN(CC)c1ccc(/C=C2/SC(=S)NC2=O)c(OCc2ccc(-c3ccccc3)cc2)c1. The van der Waals surface area contributed by atoms with Gasteiger partial charge in [-0.25, -0.2) is 0 Å². The smallest absolute Gasteiger partial charge is 0.263 e. The Balaban J connectivity index is 1.58. The maximum absolute atomic E-state index is 12.2. The number of hydrogen-bond donors (Lipinski definition) is 1. The largest absolute Gasteiger partial charge is 0.488 e. The van der Waals surface area contributed by atoms with Crippen molar-refractivity contribution in [3.05, 3.63) is 88.8 Å². The third-order valence-electron chi connectivity index (χ3n) is 5.51. The van der Waals surface area contributed by atoms with E-state index in [2.05, 4.69) is 66.5 Å². The summed E-state index contributed by atoms with van der Waals surface area (Å²) < 4.78 is 6.75. The first-order valence-corrected chi connectivity index (χ1v) is 12.2. The molecular weight excluding hydrogens is 448 g/mol. The van der Waals surface area contributed by atoms with Crippen LogP contribution in [0.3, 0.4) is 0 Å². The third kappa shape index (κ3) is 5.64. The van der Waals surface area contributed by atoms with E-state index in [4.69, 9.17) is 17.0 Å². The van der Waals surface area contributed by atoms with Crippen molar-refractivity contribution in [2.24, 2.45) is 0 Å². The molecular formula is C27H26N2O2S2. The van der Waals surface area contributed by atoms with Crippen molar-refractivity contribution in [3.8, 4) is 16.9 Å². The molecule has 1 N–H and O–H groups in total. The Morgan fingerprint density at radius 2 is 1.67 bits per heavy atom. The van der Waals surface area contributed by atoms with Crippen molar-refractivity contribution in [2.45, 2.75) is 20.5 Å². The molecule has 0 atom stereocenters. The third-order valence-corrected chi connectivity index (χ3v) is 6.67. The van der Waals surface area contributed by atoms with Crippen molar-refractivity contribution in [1.82, 2.24) is 5.32 Å². The average molecular weight is 475 g/mol. The maximum atomic E-state index is 12.2. The van der Waals surface area contributed by atoms with Crippen molar-refractivity contribution in [2.75, 3.05) is 18.0 Å². The molecule has 0 aliphatic carbocycles. The van der Waals surface area contributed by atoms with Gasteiger partial charge in [-0.1, -0.05) is 78.6 Å². The Morgan fingerprint density at radius 1 is 0.970 bits per heavy atom. The van der Waals surface area contributed by atoms with E-state index in [0.29, 0.717) is 15.8 Å². The van der Waals surface area contributed by atoms with Crippen LogP contribution >= 0.6 is 24.0 Å². The van der Waals surface area contributed by atoms with Crippen LogP contribution in [0.4, 0.5) is 5.69 Å². The second-order valence-electron chi connectivity index (χ2n) is 7.60. The van der Waals surface area contributed by atoms with Crippen molar-refractivity contribution in [3.63, 3.8) is 0 Å². The normalized spacial score (nSPS) is 14.4. The zero-order valence-electron chi connectivity index (χ0n) is 18.7. The number of nitrogens with one attached hydrogen (secondary N) is 1. The Labute approximate surface area is 204 Å². The summed E-state index contributed by atoms with van der Waals surface area (Å²) in [6.45, 7) is 6.52. The summed E-state index contributed by atoms with van der Waals surface area (Å²) in [4.78, 5) is 15.0. The van der Waals surface area contributed by atoms with Gasteiger partial charge in [0.25, 0.3) is 5.91 Å². The highest BCUT2D eigenvalue weighted by atomic mass is 32.2. The Morgan fingerprint density at radius 3 is 2.30 bits per heavy atom. The molecule has 3 aromatic rings. The summed E-state index contributed by atoms with van der Waals surface area (Å²) in [5.41, 5.74) is 5.39. The molecule has 0 spiro atoms. The summed E-state index contributed by atoms with van der Waals surface area (Å²) in [5.74, 6) is 0.575. The minimum absolute atomic E-state index is 0.166. The first kappa shape index (κ1) is 23.1. The minimum atomic E-state index is -0.166. The molecule has 0 aromatic heterocycles. The van der Waals surface area contributed by atoms with Gasteiger partial charge in [-0.05, 0) is 48.7 Å². The van der Waals surface area contributed by atoms with Gasteiger partial charge in [0.2, 0.25) is 0 Å². The number of hydrogen-bond acceptors (Lipinski definition) is 5. The van der Waals surface area contributed by atoms with Crippen LogP contribution in [0.25, 0.3) is 17.2 Å². The molecule has 33 heavy (non-hydrogen) atoms. The van der Waals surface area contributed by atoms with Gasteiger partial charge in [0.05, 0.1) is 4.91 Å². The fourth-order valence-electron chi connectivity index (χ4n) is 3.70. The molecule has 168 valence electrons. The maximum Gasteiger partial charge on any atom is 0.263 e. The molecule has 1 aliphatic rings. The zero-order valence-corrected chi connectivity index (χ0v) is 20.3. The van der Waals surface area contributed by atoms with Crippen molar-refractivity contribution >= 4 is 46.0 Å². The highest BCUT2D eigenvalue weighted by Crippen LogP contribution is 2.32. The number of nitrogens with zero attached hydrogens (tertiary/aromatic N) is 1. The van der Waals surface area contributed by atoms with E-state index < -0.39 is 0 Å². The van der Waals surface area contributed by atoms with Gasteiger partial charge < -0.3 is 15.0 Å². The minimum Gasteiger partial charge on any atom is -0.488 e. The van der Waals surface area contributed by atoms with Crippen LogP contribution in [0.15, 0.2) is 77.7 Å². The number of rotatable bonds is 8. The van der Waals surface area contributed by atoms with Crippen LogP contribution in [0.2, 0.25) is 0 Å². The molecule has 4 rings (SSSR count). The fraction of sp³-hybridized carbons (Fsp3) is 0.185. The molecule has 3 aromatic carbocycles. The van der Waals surface area contributed by atoms with E-state index in [0.717, 1.165) is 35.7 Å². The fourth-order valence-corrected chi connectivity index (χ4v) is 4.74. The first-order chi connectivity index (χ1) is 16.1. The Kier molecular flexibility index (Phi) is 7.47. The lowest BCUT2D eigenvalue weighted by atomic mass is 10.0. The van der Waals surface area contributed by atoms with Gasteiger partial charge in [0, 0.05) is 30.4 Å². The number of thiocarbonyl (C=S) groups is 1. The number of ether oxygens (including phenoxy) is 1. The molecule has 4 nitrogen and oxygen atoms in total. The average Bonchev–Trinajstić information content (AvgIpc) is 3.17. The predicted octanol–water partition coefficient (Wildman–Crippen LogP) is 6.27. The highest BCUT2D eigenvalue weighted by molar-refractivity contribution is 8.26. The van der Waals surface area contributed by atoms with E-state index in [1.165, 1.54) is 22.9 Å². The number of anilines is 1. The molecule has 0 saturated carbocycles. The van der Waals surface area contributed by atoms with E-state index in [1.807, 2.05) is 36.4 Å². The number of amides is 1. The van der Waals surface area contributed by atoms with Crippen LogP contribution in [-0.4, -0.2) is 23.3 Å². The first-order valence-electron chi connectivity index (χ1n) is 11.0. The van der Waals surface area contributed by atoms with E-state index in [9.17, 15) is 4.79 Å². The lowest BCUT2D eigenvalue weighted by Gasteiger charge is -2.22. The highest BCUT2D eigenvalue weighted by Gasteiger charge is 2.22. The monoisotopic (exact) mass is 474 g/mol. The van der Waals surface area contributed by atoms with Gasteiger partial charge in [0.15, 0.2) is 0 Å². The molecule has 1 fully saturated rings. The van der Waals surface area contributed by atoms with Crippen molar-refractivity contribution < 1.29 is 9.53 Å². The van der Waals surface area contributed by atoms with Crippen LogP contribution in [0, 0.1) is 0 Å². The number of carbonyl (C=O) groups excluding carboxylic acids is 1. The predicted molar refractivity (Wildman–Crippen MR) is 143 cm³/mol. The van der Waals surface area contributed by atoms with Gasteiger partial charge in [-0.2, -0.15) is 0 Å². The van der Waals surface area contributed by atoms with Crippen LogP contribution in [0.5, 0.6) is 5.75 Å². The second-order valence-corrected chi connectivity index (χ2v) is 9.32. The lowest BCUT2D eigenvalue weighted by molar-refractivity contribution is -0.115. The summed E-state index contributed by atoms with van der Waals surface area (Å²) in [7, 11) is 0. The Bertz CT molecular complexity index is 1170. The lowest BCUT2D eigenvalue weighted by Crippen LogP contribution is -2.21. The number of carbonyl (C=O) groups is 1. The summed E-state index contributed by atoms with van der Waals surface area (Å²) in [6, 6.07) is 24.8. The van der Waals surface area contributed by atoms with Crippen LogP contribution in [-0.2, 0) is 11.4 Å².